The Morgan fingerprint density at radius 1 is 1.29 bits per heavy atom. The van der Waals surface area contributed by atoms with Crippen LogP contribution in [0.1, 0.15) is 32.4 Å². The molecule has 0 aliphatic heterocycles. The van der Waals surface area contributed by atoms with Crippen molar-refractivity contribution in [3.63, 3.8) is 0 Å². The average Bonchev–Trinajstić information content (AvgIpc) is 2.30. The molecule has 92 valence electrons. The van der Waals surface area contributed by atoms with E-state index in [1.807, 2.05) is 44.2 Å². The third-order valence-corrected chi connectivity index (χ3v) is 2.50. The summed E-state index contributed by atoms with van der Waals surface area (Å²) in [7, 11) is 0. The Morgan fingerprint density at radius 3 is 2.35 bits per heavy atom. The molecule has 0 fully saturated rings. The van der Waals surface area contributed by atoms with E-state index in [9.17, 15) is 4.79 Å². The van der Waals surface area contributed by atoms with Crippen LogP contribution < -0.4 is 5.73 Å². The summed E-state index contributed by atoms with van der Waals surface area (Å²) < 4.78 is 5.03. The van der Waals surface area contributed by atoms with Gasteiger partial charge in [0.1, 0.15) is 0 Å². The third-order valence-electron chi connectivity index (χ3n) is 2.50. The molecule has 0 unspecified atom stereocenters. The van der Waals surface area contributed by atoms with Crippen molar-refractivity contribution in [1.29, 1.82) is 0 Å². The molecular formula is C14H19NO2. The lowest BCUT2D eigenvalue weighted by Gasteiger charge is -2.17. The quantitative estimate of drug-likeness (QED) is 0.642. The van der Waals surface area contributed by atoms with E-state index in [1.54, 1.807) is 6.92 Å². The van der Waals surface area contributed by atoms with E-state index in [1.165, 1.54) is 0 Å². The SMILES string of the molecule is CCOC(=O)C(=C(C)C)[C@@H](N)c1ccccc1. The Labute approximate surface area is 102 Å². The van der Waals surface area contributed by atoms with Crippen LogP contribution in [0, 0.1) is 0 Å². The molecule has 1 atom stereocenters. The van der Waals surface area contributed by atoms with Crippen molar-refractivity contribution in [3.05, 3.63) is 47.0 Å². The van der Waals surface area contributed by atoms with Gasteiger partial charge in [0.15, 0.2) is 0 Å². The van der Waals surface area contributed by atoms with Crippen LogP contribution in [-0.4, -0.2) is 12.6 Å². The van der Waals surface area contributed by atoms with Crippen LogP contribution in [0.15, 0.2) is 41.5 Å². The molecule has 3 heteroatoms. The number of hydrogen-bond acceptors (Lipinski definition) is 3. The molecule has 3 nitrogen and oxygen atoms in total. The monoisotopic (exact) mass is 233 g/mol. The highest BCUT2D eigenvalue weighted by atomic mass is 16.5. The second-order valence-electron chi connectivity index (χ2n) is 4.02. The Hall–Kier alpha value is -1.61. The molecule has 0 saturated heterocycles. The molecule has 0 aliphatic rings. The zero-order valence-electron chi connectivity index (χ0n) is 10.6. The van der Waals surface area contributed by atoms with E-state index in [0.717, 1.165) is 11.1 Å². The van der Waals surface area contributed by atoms with Crippen molar-refractivity contribution in [3.8, 4) is 0 Å². The van der Waals surface area contributed by atoms with Crippen molar-refractivity contribution >= 4 is 5.97 Å². The number of carbonyl (C=O) groups excluding carboxylic acids is 1. The van der Waals surface area contributed by atoms with Crippen molar-refractivity contribution in [2.45, 2.75) is 26.8 Å². The Morgan fingerprint density at radius 2 is 1.88 bits per heavy atom. The predicted octanol–water partition coefficient (Wildman–Crippen LogP) is 2.59. The van der Waals surface area contributed by atoms with Gasteiger partial charge in [0.05, 0.1) is 18.2 Å². The van der Waals surface area contributed by atoms with Crippen LogP contribution in [0.25, 0.3) is 0 Å². The molecule has 0 amide bonds. The van der Waals surface area contributed by atoms with Gasteiger partial charge in [0.25, 0.3) is 0 Å². The minimum absolute atomic E-state index is 0.330. The normalized spacial score (nSPS) is 11.8. The fourth-order valence-corrected chi connectivity index (χ4v) is 1.68. The van der Waals surface area contributed by atoms with E-state index in [-0.39, 0.29) is 5.97 Å². The maximum atomic E-state index is 11.8. The van der Waals surface area contributed by atoms with E-state index in [0.29, 0.717) is 12.2 Å². The first kappa shape index (κ1) is 13.5. The number of rotatable bonds is 4. The van der Waals surface area contributed by atoms with Gasteiger partial charge in [-0.25, -0.2) is 4.79 Å². The summed E-state index contributed by atoms with van der Waals surface area (Å²) in [5.74, 6) is -0.330. The first-order chi connectivity index (χ1) is 8.07. The van der Waals surface area contributed by atoms with E-state index in [2.05, 4.69) is 0 Å². The average molecular weight is 233 g/mol. The highest BCUT2D eigenvalue weighted by Gasteiger charge is 2.21. The number of ether oxygens (including phenoxy) is 1. The maximum absolute atomic E-state index is 11.8. The molecule has 17 heavy (non-hydrogen) atoms. The van der Waals surface area contributed by atoms with Crippen molar-refractivity contribution in [2.24, 2.45) is 5.73 Å². The first-order valence-corrected chi connectivity index (χ1v) is 5.73. The Bertz CT molecular complexity index is 405. The molecule has 0 aromatic heterocycles. The molecule has 1 aromatic rings. The van der Waals surface area contributed by atoms with Gasteiger partial charge < -0.3 is 10.5 Å². The van der Waals surface area contributed by atoms with E-state index >= 15 is 0 Å². The van der Waals surface area contributed by atoms with Crippen LogP contribution in [0.4, 0.5) is 0 Å². The topological polar surface area (TPSA) is 52.3 Å². The lowest BCUT2D eigenvalue weighted by Crippen LogP contribution is -2.22. The standard InChI is InChI=1S/C14H19NO2/c1-4-17-14(16)12(10(2)3)13(15)11-8-6-5-7-9-11/h5-9,13H,4,15H2,1-3H3/t13-/m0/s1. The summed E-state index contributed by atoms with van der Waals surface area (Å²) in [5, 5.41) is 0. The maximum Gasteiger partial charge on any atom is 0.335 e. The molecule has 0 spiro atoms. The molecule has 1 rings (SSSR count). The highest BCUT2D eigenvalue weighted by Crippen LogP contribution is 2.22. The second-order valence-corrected chi connectivity index (χ2v) is 4.02. The van der Waals surface area contributed by atoms with Crippen molar-refractivity contribution < 1.29 is 9.53 Å². The number of benzene rings is 1. The first-order valence-electron chi connectivity index (χ1n) is 5.73. The van der Waals surface area contributed by atoms with Gasteiger partial charge in [0, 0.05) is 0 Å². The largest absolute Gasteiger partial charge is 0.463 e. The fraction of sp³-hybridized carbons (Fsp3) is 0.357. The number of nitrogens with two attached hydrogens (primary N) is 1. The Kier molecular flexibility index (Phi) is 4.91. The lowest BCUT2D eigenvalue weighted by molar-refractivity contribution is -0.138. The molecule has 0 bridgehead atoms. The third kappa shape index (κ3) is 3.43. The minimum Gasteiger partial charge on any atom is -0.463 e. The van der Waals surface area contributed by atoms with Gasteiger partial charge in [-0.05, 0) is 26.3 Å². The number of carbonyl (C=O) groups is 1. The van der Waals surface area contributed by atoms with Crippen molar-refractivity contribution in [1.82, 2.24) is 0 Å². The summed E-state index contributed by atoms with van der Waals surface area (Å²) >= 11 is 0. The van der Waals surface area contributed by atoms with Gasteiger partial charge in [0.2, 0.25) is 0 Å². The zero-order chi connectivity index (χ0) is 12.8. The Balaban J connectivity index is 3.02. The summed E-state index contributed by atoms with van der Waals surface area (Å²) in [5.41, 5.74) is 8.45. The summed E-state index contributed by atoms with van der Waals surface area (Å²) in [6.07, 6.45) is 0. The highest BCUT2D eigenvalue weighted by molar-refractivity contribution is 5.90. The van der Waals surface area contributed by atoms with Crippen LogP contribution >= 0.6 is 0 Å². The minimum atomic E-state index is -0.430. The predicted molar refractivity (Wildman–Crippen MR) is 68.4 cm³/mol. The number of allylic oxidation sites excluding steroid dienone is 1. The number of hydrogen-bond donors (Lipinski definition) is 1. The van der Waals surface area contributed by atoms with Gasteiger partial charge in [-0.3, -0.25) is 0 Å². The molecule has 0 heterocycles. The zero-order valence-corrected chi connectivity index (χ0v) is 10.6. The second kappa shape index (κ2) is 6.21. The smallest absolute Gasteiger partial charge is 0.335 e. The summed E-state index contributed by atoms with van der Waals surface area (Å²) in [6.45, 7) is 5.88. The lowest BCUT2D eigenvalue weighted by atomic mass is 9.96. The van der Waals surface area contributed by atoms with Crippen LogP contribution in [0.3, 0.4) is 0 Å². The molecule has 1 aromatic carbocycles. The molecular weight excluding hydrogens is 214 g/mol. The van der Waals surface area contributed by atoms with E-state index in [4.69, 9.17) is 10.5 Å². The van der Waals surface area contributed by atoms with Crippen molar-refractivity contribution in [2.75, 3.05) is 6.61 Å². The summed E-state index contributed by atoms with van der Waals surface area (Å²) in [6, 6.07) is 9.12. The van der Waals surface area contributed by atoms with Crippen LogP contribution in [0.2, 0.25) is 0 Å². The van der Waals surface area contributed by atoms with Gasteiger partial charge >= 0.3 is 5.97 Å². The van der Waals surface area contributed by atoms with Gasteiger partial charge in [-0.1, -0.05) is 35.9 Å². The molecule has 2 N–H and O–H groups in total. The van der Waals surface area contributed by atoms with Crippen LogP contribution in [0.5, 0.6) is 0 Å². The molecule has 0 radical (unpaired) electrons. The summed E-state index contributed by atoms with van der Waals surface area (Å²) in [4.78, 5) is 11.8. The molecule has 0 saturated carbocycles. The van der Waals surface area contributed by atoms with Crippen LogP contribution in [-0.2, 0) is 9.53 Å². The fourth-order valence-electron chi connectivity index (χ4n) is 1.68. The number of esters is 1. The molecule has 0 aliphatic carbocycles. The van der Waals surface area contributed by atoms with Gasteiger partial charge in [-0.2, -0.15) is 0 Å². The van der Waals surface area contributed by atoms with E-state index < -0.39 is 6.04 Å². The van der Waals surface area contributed by atoms with Gasteiger partial charge in [-0.15, -0.1) is 0 Å².